The van der Waals surface area contributed by atoms with Gasteiger partial charge in [-0.2, -0.15) is 0 Å². The van der Waals surface area contributed by atoms with E-state index in [9.17, 15) is 9.90 Å². The van der Waals surface area contributed by atoms with Crippen LogP contribution < -0.4 is 0 Å². The maximum absolute atomic E-state index is 12.6. The first-order valence-electron chi connectivity index (χ1n) is 9.98. The Kier molecular flexibility index (Phi) is 8.40. The number of unbranched alkanes of at least 4 members (excludes halogenated alkanes) is 1. The van der Waals surface area contributed by atoms with Crippen LogP contribution in [0.2, 0.25) is 0 Å². The van der Waals surface area contributed by atoms with E-state index in [2.05, 4.69) is 11.0 Å². The van der Waals surface area contributed by atoms with Gasteiger partial charge in [0, 0.05) is 51.2 Å². The standard InChI is InChI=1S/C20H36N2O3/c1-3-5-6-7-9-19(24)22-12-8-11-20(17-22)16-21(13-10-18(20)23)14-15-25-4-2/h3,5,18,23H,4,6-17H2,1-2H3/t18?,20-/m1/s1. The van der Waals surface area contributed by atoms with Gasteiger partial charge in [0.15, 0.2) is 0 Å². The van der Waals surface area contributed by atoms with E-state index < -0.39 is 0 Å². The average molecular weight is 353 g/mol. The molecule has 5 nitrogen and oxygen atoms in total. The molecule has 1 amide bonds. The van der Waals surface area contributed by atoms with Crippen molar-refractivity contribution >= 4 is 5.91 Å². The summed E-state index contributed by atoms with van der Waals surface area (Å²) in [7, 11) is 0. The molecular formula is C20H36N2O3. The van der Waals surface area contributed by atoms with Gasteiger partial charge < -0.3 is 19.6 Å². The van der Waals surface area contributed by atoms with Crippen LogP contribution in [0.25, 0.3) is 0 Å². The zero-order valence-electron chi connectivity index (χ0n) is 16.1. The number of amides is 1. The van der Waals surface area contributed by atoms with Gasteiger partial charge in [-0.1, -0.05) is 12.2 Å². The monoisotopic (exact) mass is 352 g/mol. The maximum atomic E-state index is 12.6. The molecule has 0 aromatic rings. The molecule has 0 aromatic carbocycles. The fourth-order valence-corrected chi connectivity index (χ4v) is 4.24. The fourth-order valence-electron chi connectivity index (χ4n) is 4.24. The van der Waals surface area contributed by atoms with Gasteiger partial charge >= 0.3 is 0 Å². The molecule has 0 bridgehead atoms. The molecule has 1 unspecified atom stereocenters. The minimum absolute atomic E-state index is 0.151. The Morgan fingerprint density at radius 1 is 1.36 bits per heavy atom. The molecule has 2 atom stereocenters. The first kappa shape index (κ1) is 20.4. The lowest BCUT2D eigenvalue weighted by Crippen LogP contribution is -2.60. The van der Waals surface area contributed by atoms with Crippen LogP contribution in [0.4, 0.5) is 0 Å². The van der Waals surface area contributed by atoms with Crippen molar-refractivity contribution in [1.82, 2.24) is 9.80 Å². The van der Waals surface area contributed by atoms with Crippen LogP contribution in [0.3, 0.4) is 0 Å². The van der Waals surface area contributed by atoms with Crippen LogP contribution in [-0.2, 0) is 9.53 Å². The summed E-state index contributed by atoms with van der Waals surface area (Å²) in [4.78, 5) is 17.0. The normalized spacial score (nSPS) is 28.1. The third-order valence-electron chi connectivity index (χ3n) is 5.68. The van der Waals surface area contributed by atoms with Crippen LogP contribution in [0.15, 0.2) is 12.2 Å². The van der Waals surface area contributed by atoms with Gasteiger partial charge in [0.25, 0.3) is 0 Å². The van der Waals surface area contributed by atoms with Gasteiger partial charge in [-0.05, 0) is 46.0 Å². The van der Waals surface area contributed by atoms with Crippen LogP contribution in [-0.4, -0.2) is 72.9 Å². The minimum atomic E-state index is -0.297. The summed E-state index contributed by atoms with van der Waals surface area (Å²) < 4.78 is 5.49. The van der Waals surface area contributed by atoms with E-state index in [-0.39, 0.29) is 17.4 Å². The fraction of sp³-hybridized carbons (Fsp3) is 0.850. The van der Waals surface area contributed by atoms with Crippen LogP contribution in [0.5, 0.6) is 0 Å². The molecule has 25 heavy (non-hydrogen) atoms. The average Bonchev–Trinajstić information content (AvgIpc) is 2.62. The van der Waals surface area contributed by atoms with E-state index in [0.29, 0.717) is 13.0 Å². The number of hydrogen-bond donors (Lipinski definition) is 1. The zero-order chi connectivity index (χ0) is 18.1. The quantitative estimate of drug-likeness (QED) is 0.538. The molecule has 0 saturated carbocycles. The van der Waals surface area contributed by atoms with E-state index in [4.69, 9.17) is 4.74 Å². The number of aliphatic hydroxyl groups excluding tert-OH is 1. The van der Waals surface area contributed by atoms with Gasteiger partial charge in [-0.15, -0.1) is 0 Å². The Labute approximate surface area is 153 Å². The van der Waals surface area contributed by atoms with Crippen molar-refractivity contribution in [2.24, 2.45) is 5.41 Å². The van der Waals surface area contributed by atoms with Crippen LogP contribution in [0.1, 0.15) is 52.4 Å². The van der Waals surface area contributed by atoms with Crippen LogP contribution in [0, 0.1) is 5.41 Å². The van der Waals surface area contributed by atoms with E-state index in [0.717, 1.165) is 71.5 Å². The van der Waals surface area contributed by atoms with E-state index in [1.807, 2.05) is 24.8 Å². The van der Waals surface area contributed by atoms with E-state index in [1.54, 1.807) is 0 Å². The molecule has 1 N–H and O–H groups in total. The number of allylic oxidation sites excluding steroid dienone is 2. The summed E-state index contributed by atoms with van der Waals surface area (Å²) in [6.45, 7) is 9.79. The second-order valence-electron chi connectivity index (χ2n) is 7.52. The predicted octanol–water partition coefficient (Wildman–Crippen LogP) is 2.44. The molecule has 2 aliphatic heterocycles. The van der Waals surface area contributed by atoms with Gasteiger partial charge in [0.05, 0.1) is 12.7 Å². The summed E-state index contributed by atoms with van der Waals surface area (Å²) in [5, 5.41) is 10.7. The van der Waals surface area contributed by atoms with Crippen molar-refractivity contribution in [1.29, 1.82) is 0 Å². The molecule has 1 spiro atoms. The molecule has 0 aliphatic carbocycles. The lowest BCUT2D eigenvalue weighted by molar-refractivity contribution is -0.141. The second-order valence-corrected chi connectivity index (χ2v) is 7.52. The molecule has 144 valence electrons. The number of carbonyl (C=O) groups is 1. The number of aliphatic hydroxyl groups is 1. The number of piperidine rings is 2. The van der Waals surface area contributed by atoms with E-state index in [1.165, 1.54) is 0 Å². The Morgan fingerprint density at radius 2 is 2.20 bits per heavy atom. The summed E-state index contributed by atoms with van der Waals surface area (Å²) in [5.74, 6) is 0.252. The highest BCUT2D eigenvalue weighted by Crippen LogP contribution is 2.39. The van der Waals surface area contributed by atoms with Gasteiger partial charge in [-0.25, -0.2) is 0 Å². The number of ether oxygens (including phenoxy) is 1. The van der Waals surface area contributed by atoms with E-state index >= 15 is 0 Å². The van der Waals surface area contributed by atoms with Crippen molar-refractivity contribution in [3.8, 4) is 0 Å². The number of carbonyl (C=O) groups excluding carboxylic acids is 1. The Bertz CT molecular complexity index is 441. The molecule has 5 heteroatoms. The van der Waals surface area contributed by atoms with Crippen LogP contribution >= 0.6 is 0 Å². The van der Waals surface area contributed by atoms with Gasteiger partial charge in [-0.3, -0.25) is 4.79 Å². The second kappa shape index (κ2) is 10.3. The minimum Gasteiger partial charge on any atom is -0.392 e. The van der Waals surface area contributed by atoms with Crippen molar-refractivity contribution in [2.75, 3.05) is 45.9 Å². The number of nitrogens with zero attached hydrogens (tertiary/aromatic N) is 2. The topological polar surface area (TPSA) is 53.0 Å². The van der Waals surface area contributed by atoms with Crippen molar-refractivity contribution in [3.05, 3.63) is 12.2 Å². The van der Waals surface area contributed by atoms with Crippen molar-refractivity contribution < 1.29 is 14.6 Å². The maximum Gasteiger partial charge on any atom is 0.222 e. The largest absolute Gasteiger partial charge is 0.392 e. The highest BCUT2D eigenvalue weighted by molar-refractivity contribution is 5.76. The summed E-state index contributed by atoms with van der Waals surface area (Å²) in [6.07, 6.45) is 9.17. The molecule has 0 aromatic heterocycles. The third kappa shape index (κ3) is 5.80. The number of likely N-dealkylation sites (tertiary alicyclic amines) is 2. The summed E-state index contributed by atoms with van der Waals surface area (Å²) >= 11 is 0. The van der Waals surface area contributed by atoms with Gasteiger partial charge in [0.1, 0.15) is 0 Å². The molecule has 2 aliphatic rings. The summed E-state index contributed by atoms with van der Waals surface area (Å²) in [6, 6.07) is 0. The number of rotatable bonds is 8. The molecule has 2 heterocycles. The predicted molar refractivity (Wildman–Crippen MR) is 100 cm³/mol. The van der Waals surface area contributed by atoms with Crippen molar-refractivity contribution in [3.63, 3.8) is 0 Å². The molecule has 2 fully saturated rings. The zero-order valence-corrected chi connectivity index (χ0v) is 16.1. The van der Waals surface area contributed by atoms with Gasteiger partial charge in [0.2, 0.25) is 5.91 Å². The lowest BCUT2D eigenvalue weighted by Gasteiger charge is -2.51. The lowest BCUT2D eigenvalue weighted by atomic mass is 9.71. The Hall–Kier alpha value is -0.910. The molecule has 0 radical (unpaired) electrons. The summed E-state index contributed by atoms with van der Waals surface area (Å²) in [5.41, 5.74) is -0.151. The SMILES string of the molecule is CC=CCCCC(=O)N1CCC[C@@]2(CN(CCOCC)CCC2O)C1. The first-order valence-corrected chi connectivity index (χ1v) is 9.98. The molecule has 2 saturated heterocycles. The van der Waals surface area contributed by atoms with Crippen molar-refractivity contribution in [2.45, 2.75) is 58.5 Å². The Balaban J connectivity index is 1.90. The highest BCUT2D eigenvalue weighted by atomic mass is 16.5. The highest BCUT2D eigenvalue weighted by Gasteiger charge is 2.46. The smallest absolute Gasteiger partial charge is 0.222 e. The Morgan fingerprint density at radius 3 is 2.96 bits per heavy atom. The molecule has 2 rings (SSSR count). The first-order chi connectivity index (χ1) is 12.1. The number of hydrogen-bond acceptors (Lipinski definition) is 4. The molecular weight excluding hydrogens is 316 g/mol. The third-order valence-corrected chi connectivity index (χ3v) is 5.68.